The van der Waals surface area contributed by atoms with Crippen molar-refractivity contribution in [1.29, 1.82) is 0 Å². The number of carbonyl (C=O) groups excluding carboxylic acids is 1. The van der Waals surface area contributed by atoms with Gasteiger partial charge in [-0.3, -0.25) is 4.79 Å². The number of rotatable bonds is 58. The van der Waals surface area contributed by atoms with E-state index in [4.69, 9.17) is 0 Å². The molecular weight excluding hydrogens is 831 g/mol. The SMILES string of the molecule is CCCCCCCCCCCCCCCCCCCCCCCC/C=C/CC/C=C/CC/C=C/C(O)C(CO)NC(=O)CCCCCCCCCCCCCCCCCCCCCCCCCC. The fourth-order valence-corrected chi connectivity index (χ4v) is 9.86. The summed E-state index contributed by atoms with van der Waals surface area (Å²) in [6.07, 6.45) is 82.0. The average molecular weight is 955 g/mol. The molecule has 0 aliphatic rings. The Morgan fingerprint density at radius 1 is 0.338 bits per heavy atom. The molecule has 4 nitrogen and oxygen atoms in total. The normalized spacial score (nSPS) is 12.9. The molecule has 3 N–H and O–H groups in total. The second-order valence-electron chi connectivity index (χ2n) is 21.5. The highest BCUT2D eigenvalue weighted by molar-refractivity contribution is 5.76. The Kier molecular flexibility index (Phi) is 58.7. The van der Waals surface area contributed by atoms with Gasteiger partial charge >= 0.3 is 0 Å². The van der Waals surface area contributed by atoms with Crippen LogP contribution in [0.5, 0.6) is 0 Å². The first kappa shape index (κ1) is 66.6. The Bertz CT molecular complexity index is 1040. The van der Waals surface area contributed by atoms with Gasteiger partial charge in [0, 0.05) is 6.42 Å². The number of unbranched alkanes of at least 4 members (excludes halogenated alkanes) is 47. The van der Waals surface area contributed by atoms with Gasteiger partial charge < -0.3 is 15.5 Å². The molecule has 0 aromatic carbocycles. The highest BCUT2D eigenvalue weighted by atomic mass is 16.3. The van der Waals surface area contributed by atoms with Crippen LogP contribution >= 0.6 is 0 Å². The van der Waals surface area contributed by atoms with Gasteiger partial charge in [-0.1, -0.05) is 333 Å². The molecule has 0 aliphatic carbocycles. The first-order chi connectivity index (χ1) is 33.7. The molecule has 0 saturated carbocycles. The maximum atomic E-state index is 12.5. The molecule has 0 radical (unpaired) electrons. The van der Waals surface area contributed by atoms with Crippen LogP contribution in [0.2, 0.25) is 0 Å². The molecule has 0 rings (SSSR count). The van der Waals surface area contributed by atoms with E-state index in [0.717, 1.165) is 38.5 Å². The van der Waals surface area contributed by atoms with Gasteiger partial charge in [-0.25, -0.2) is 0 Å². The lowest BCUT2D eigenvalue weighted by Gasteiger charge is -2.19. The third-order valence-corrected chi connectivity index (χ3v) is 14.6. The van der Waals surface area contributed by atoms with E-state index in [1.54, 1.807) is 6.08 Å². The van der Waals surface area contributed by atoms with Crippen LogP contribution in [0.3, 0.4) is 0 Å². The Morgan fingerprint density at radius 2 is 0.574 bits per heavy atom. The van der Waals surface area contributed by atoms with E-state index in [9.17, 15) is 15.0 Å². The van der Waals surface area contributed by atoms with Gasteiger partial charge in [-0.2, -0.15) is 0 Å². The first-order valence-electron chi connectivity index (χ1n) is 31.2. The lowest BCUT2D eigenvalue weighted by molar-refractivity contribution is -0.123. The molecule has 0 heterocycles. The molecule has 402 valence electrons. The van der Waals surface area contributed by atoms with E-state index < -0.39 is 12.1 Å². The summed E-state index contributed by atoms with van der Waals surface area (Å²) in [6.45, 7) is 4.34. The Labute approximate surface area is 427 Å². The van der Waals surface area contributed by atoms with Crippen molar-refractivity contribution < 1.29 is 15.0 Å². The Morgan fingerprint density at radius 3 is 0.853 bits per heavy atom. The lowest BCUT2D eigenvalue weighted by atomic mass is 10.0. The monoisotopic (exact) mass is 954 g/mol. The van der Waals surface area contributed by atoms with Gasteiger partial charge in [-0.15, -0.1) is 0 Å². The largest absolute Gasteiger partial charge is 0.394 e. The first-order valence-corrected chi connectivity index (χ1v) is 31.2. The van der Waals surface area contributed by atoms with Gasteiger partial charge in [-0.05, 0) is 44.9 Å². The third-order valence-electron chi connectivity index (χ3n) is 14.6. The van der Waals surface area contributed by atoms with Crippen molar-refractivity contribution in [1.82, 2.24) is 5.32 Å². The molecule has 4 heteroatoms. The Hall–Kier alpha value is -1.39. The highest BCUT2D eigenvalue weighted by Crippen LogP contribution is 2.18. The molecule has 0 saturated heterocycles. The third kappa shape index (κ3) is 55.5. The number of hydrogen-bond donors (Lipinski definition) is 3. The van der Waals surface area contributed by atoms with Gasteiger partial charge in [0.1, 0.15) is 0 Å². The van der Waals surface area contributed by atoms with Crippen molar-refractivity contribution >= 4 is 5.91 Å². The van der Waals surface area contributed by atoms with Crippen LogP contribution in [-0.4, -0.2) is 34.9 Å². The number of amides is 1. The fraction of sp³-hybridized carbons (Fsp3) is 0.891. The topological polar surface area (TPSA) is 69.6 Å². The maximum absolute atomic E-state index is 12.5. The predicted octanol–water partition coefficient (Wildman–Crippen LogP) is 20.8. The van der Waals surface area contributed by atoms with Gasteiger partial charge in [0.05, 0.1) is 18.8 Å². The van der Waals surface area contributed by atoms with E-state index in [-0.39, 0.29) is 12.5 Å². The van der Waals surface area contributed by atoms with Gasteiger partial charge in [0.25, 0.3) is 0 Å². The molecule has 0 aromatic rings. The number of aliphatic hydroxyl groups excluding tert-OH is 2. The van der Waals surface area contributed by atoms with Crippen molar-refractivity contribution in [2.75, 3.05) is 6.61 Å². The molecule has 2 unspecified atom stereocenters. The highest BCUT2D eigenvalue weighted by Gasteiger charge is 2.18. The number of hydrogen-bond acceptors (Lipinski definition) is 3. The fourth-order valence-electron chi connectivity index (χ4n) is 9.86. The van der Waals surface area contributed by atoms with Crippen LogP contribution < -0.4 is 5.32 Å². The van der Waals surface area contributed by atoms with Crippen LogP contribution in [0.4, 0.5) is 0 Å². The summed E-state index contributed by atoms with van der Waals surface area (Å²) in [5.74, 6) is -0.0710. The molecule has 1 amide bonds. The smallest absolute Gasteiger partial charge is 0.220 e. The molecule has 0 bridgehead atoms. The summed E-state index contributed by atoms with van der Waals surface area (Å²) < 4.78 is 0. The van der Waals surface area contributed by atoms with Crippen LogP contribution in [0, 0.1) is 0 Å². The van der Waals surface area contributed by atoms with Crippen LogP contribution in [0.1, 0.15) is 348 Å². The molecule has 2 atom stereocenters. The lowest BCUT2D eigenvalue weighted by Crippen LogP contribution is -2.45. The van der Waals surface area contributed by atoms with Crippen molar-refractivity contribution in [3.05, 3.63) is 36.5 Å². The van der Waals surface area contributed by atoms with E-state index >= 15 is 0 Å². The summed E-state index contributed by atoms with van der Waals surface area (Å²) in [4.78, 5) is 12.5. The van der Waals surface area contributed by atoms with Crippen molar-refractivity contribution in [2.45, 2.75) is 360 Å². The molecular formula is C64H123NO3. The van der Waals surface area contributed by atoms with Crippen LogP contribution in [-0.2, 0) is 4.79 Å². The molecule has 68 heavy (non-hydrogen) atoms. The van der Waals surface area contributed by atoms with E-state index in [1.165, 1.54) is 289 Å². The second-order valence-corrected chi connectivity index (χ2v) is 21.5. The van der Waals surface area contributed by atoms with E-state index in [2.05, 4.69) is 43.5 Å². The summed E-state index contributed by atoms with van der Waals surface area (Å²) in [5, 5.41) is 23.2. The zero-order chi connectivity index (χ0) is 49.2. The van der Waals surface area contributed by atoms with Crippen molar-refractivity contribution in [3.8, 4) is 0 Å². The number of carbonyl (C=O) groups is 1. The summed E-state index contributed by atoms with van der Waals surface area (Å²) in [5.41, 5.74) is 0. The molecule has 0 aliphatic heterocycles. The zero-order valence-corrected chi connectivity index (χ0v) is 46.4. The molecule has 0 aromatic heterocycles. The van der Waals surface area contributed by atoms with E-state index in [1.807, 2.05) is 6.08 Å². The Balaban J connectivity index is 3.50. The minimum Gasteiger partial charge on any atom is -0.394 e. The van der Waals surface area contributed by atoms with Gasteiger partial charge in [0.2, 0.25) is 5.91 Å². The van der Waals surface area contributed by atoms with Gasteiger partial charge in [0.15, 0.2) is 0 Å². The minimum absolute atomic E-state index is 0.0710. The second kappa shape index (κ2) is 59.9. The zero-order valence-electron chi connectivity index (χ0n) is 46.4. The van der Waals surface area contributed by atoms with Crippen LogP contribution in [0.25, 0.3) is 0 Å². The summed E-state index contributed by atoms with van der Waals surface area (Å²) in [6, 6.07) is -0.645. The average Bonchev–Trinajstić information content (AvgIpc) is 3.34. The maximum Gasteiger partial charge on any atom is 0.220 e. The standard InChI is InChI=1S/C64H123NO3/c1-3-5-7-9-11-13-15-17-19-21-23-25-27-29-30-31-32-33-34-35-36-37-39-41-43-45-47-49-51-53-55-57-59-63(67)62(61-66)65-64(68)60-58-56-54-52-50-48-46-44-42-40-38-28-26-24-22-20-18-16-14-12-10-8-6-4-2/h41,43,49,51,57,59,62-63,66-67H,3-40,42,44-48,50,52-56,58,60-61H2,1-2H3,(H,65,68)/b43-41+,51-49+,59-57+. The predicted molar refractivity (Wildman–Crippen MR) is 304 cm³/mol. The molecule has 0 fully saturated rings. The van der Waals surface area contributed by atoms with E-state index in [0.29, 0.717) is 6.42 Å². The summed E-state index contributed by atoms with van der Waals surface area (Å²) >= 11 is 0. The van der Waals surface area contributed by atoms with Crippen LogP contribution in [0.15, 0.2) is 36.5 Å². The molecule has 0 spiro atoms. The van der Waals surface area contributed by atoms with Crippen molar-refractivity contribution in [2.24, 2.45) is 0 Å². The minimum atomic E-state index is -0.870. The quantitative estimate of drug-likeness (QED) is 0.0420. The number of nitrogens with one attached hydrogen (secondary N) is 1. The number of aliphatic hydroxyl groups is 2. The van der Waals surface area contributed by atoms with Crippen molar-refractivity contribution in [3.63, 3.8) is 0 Å². The number of allylic oxidation sites excluding steroid dienone is 5. The summed E-state index contributed by atoms with van der Waals surface area (Å²) in [7, 11) is 0.